The van der Waals surface area contributed by atoms with Crippen LogP contribution in [-0.4, -0.2) is 37.1 Å². The van der Waals surface area contributed by atoms with E-state index in [2.05, 4.69) is 19.2 Å². The number of amides is 1. The smallest absolute Gasteiger partial charge is 0.267 e. The molecule has 3 heterocycles. The maximum Gasteiger partial charge on any atom is 0.267 e. The Morgan fingerprint density at radius 1 is 1.11 bits per heavy atom. The van der Waals surface area contributed by atoms with Crippen molar-refractivity contribution in [3.63, 3.8) is 0 Å². The molecule has 8 heteroatoms. The van der Waals surface area contributed by atoms with Crippen molar-refractivity contribution in [2.75, 3.05) is 11.9 Å². The molecule has 0 unspecified atom stereocenters. The molecular weight excluding hydrogens is 476 g/mol. The van der Waals surface area contributed by atoms with Crippen LogP contribution in [0.15, 0.2) is 34.1 Å². The number of thiocarbonyl (C=S) groups is 1. The highest BCUT2D eigenvalue weighted by atomic mass is 32.2. The summed E-state index contributed by atoms with van der Waals surface area (Å²) in [7, 11) is 0. The predicted molar refractivity (Wildman–Crippen MR) is 150 cm³/mol. The molecule has 2 fully saturated rings. The highest BCUT2D eigenvalue weighted by molar-refractivity contribution is 8.26. The molecular formula is C27H36N4O2S2. The van der Waals surface area contributed by atoms with Crippen molar-refractivity contribution in [3.8, 4) is 0 Å². The Hall–Kier alpha value is -2.19. The molecule has 1 amide bonds. The third-order valence-electron chi connectivity index (χ3n) is 7.01. The van der Waals surface area contributed by atoms with Crippen LogP contribution < -0.4 is 10.9 Å². The number of pyridine rings is 1. The molecule has 1 aliphatic carbocycles. The molecule has 2 aromatic heterocycles. The van der Waals surface area contributed by atoms with Crippen LogP contribution in [-0.2, 0) is 4.79 Å². The van der Waals surface area contributed by atoms with Crippen LogP contribution in [0.3, 0.4) is 0 Å². The van der Waals surface area contributed by atoms with Gasteiger partial charge in [-0.3, -0.25) is 18.9 Å². The maximum absolute atomic E-state index is 13.5. The van der Waals surface area contributed by atoms with E-state index in [9.17, 15) is 9.59 Å². The minimum atomic E-state index is -0.177. The van der Waals surface area contributed by atoms with E-state index >= 15 is 0 Å². The van der Waals surface area contributed by atoms with Crippen molar-refractivity contribution in [2.45, 2.75) is 84.1 Å². The maximum atomic E-state index is 13.5. The van der Waals surface area contributed by atoms with E-state index in [0.717, 1.165) is 44.4 Å². The lowest BCUT2D eigenvalue weighted by Gasteiger charge is -2.27. The number of thioether (sulfide) groups is 1. The summed E-state index contributed by atoms with van der Waals surface area (Å²) in [5.74, 6) is 1.18. The lowest BCUT2D eigenvalue weighted by molar-refractivity contribution is -0.122. The van der Waals surface area contributed by atoms with E-state index in [-0.39, 0.29) is 17.5 Å². The number of nitrogens with one attached hydrogen (secondary N) is 1. The number of hydrogen-bond donors (Lipinski definition) is 1. The minimum Gasteiger partial charge on any atom is -0.367 e. The number of aromatic nitrogens is 2. The van der Waals surface area contributed by atoms with Crippen LogP contribution in [0, 0.1) is 5.92 Å². The molecule has 0 spiro atoms. The molecule has 6 nitrogen and oxygen atoms in total. The van der Waals surface area contributed by atoms with E-state index in [1.807, 2.05) is 18.2 Å². The first-order valence-corrected chi connectivity index (χ1v) is 14.2. The molecule has 0 radical (unpaired) electrons. The Balaban J connectivity index is 1.56. The highest BCUT2D eigenvalue weighted by Gasteiger charge is 2.32. The summed E-state index contributed by atoms with van der Waals surface area (Å²) < 4.78 is 2.11. The van der Waals surface area contributed by atoms with Crippen molar-refractivity contribution in [3.05, 3.63) is 45.2 Å². The first-order valence-electron chi connectivity index (χ1n) is 13.0. The molecule has 2 aromatic rings. The van der Waals surface area contributed by atoms with Gasteiger partial charge in [-0.2, -0.15) is 0 Å². The van der Waals surface area contributed by atoms with Crippen LogP contribution in [0.4, 0.5) is 5.82 Å². The summed E-state index contributed by atoms with van der Waals surface area (Å²) in [4.78, 5) is 33.6. The normalized spacial score (nSPS) is 21.9. The fourth-order valence-electron chi connectivity index (χ4n) is 4.81. The van der Waals surface area contributed by atoms with Gasteiger partial charge < -0.3 is 5.32 Å². The van der Waals surface area contributed by atoms with Crippen molar-refractivity contribution in [2.24, 2.45) is 5.92 Å². The first kappa shape index (κ1) is 25.9. The number of hydrogen-bond acceptors (Lipinski definition) is 6. The van der Waals surface area contributed by atoms with Gasteiger partial charge in [-0.15, -0.1) is 0 Å². The number of rotatable bonds is 10. The zero-order chi connectivity index (χ0) is 24.8. The van der Waals surface area contributed by atoms with Crippen LogP contribution in [0.2, 0.25) is 0 Å². The van der Waals surface area contributed by atoms with Crippen LogP contribution in [0.1, 0.15) is 83.6 Å². The summed E-state index contributed by atoms with van der Waals surface area (Å²) in [6, 6.07) is 5.80. The van der Waals surface area contributed by atoms with Gasteiger partial charge in [-0.25, -0.2) is 4.98 Å². The molecule has 188 valence electrons. The summed E-state index contributed by atoms with van der Waals surface area (Å²) in [6.45, 7) is 5.13. The summed E-state index contributed by atoms with van der Waals surface area (Å²) in [6.07, 6.45) is 14.8. The predicted octanol–water partition coefficient (Wildman–Crippen LogP) is 6.25. The molecule has 1 saturated carbocycles. The largest absolute Gasteiger partial charge is 0.367 e. The zero-order valence-corrected chi connectivity index (χ0v) is 22.4. The molecule has 35 heavy (non-hydrogen) atoms. The standard InChI is InChI=1S/C27H36N4O2S2/c1-3-4-5-6-7-9-17-31-26(33)22(35-27(31)34)18-21-24(28-20-14-12-19(2)13-15-20)29-23-11-8-10-16-30(23)25(21)32/h8,10-11,16,18-20,28H,3-7,9,12-15,17H2,1-2H3. The second kappa shape index (κ2) is 12.2. The van der Waals surface area contributed by atoms with E-state index in [1.165, 1.54) is 41.8 Å². The third kappa shape index (κ3) is 6.33. The van der Waals surface area contributed by atoms with Gasteiger partial charge in [0.15, 0.2) is 0 Å². The molecule has 4 rings (SSSR count). The molecule has 0 bridgehead atoms. The lowest BCUT2D eigenvalue weighted by atomic mass is 9.87. The second-order valence-corrected chi connectivity index (χ2v) is 11.5. The van der Waals surface area contributed by atoms with E-state index in [0.29, 0.717) is 32.8 Å². The van der Waals surface area contributed by atoms with Gasteiger partial charge in [-0.1, -0.05) is 76.0 Å². The van der Waals surface area contributed by atoms with Crippen molar-refractivity contribution in [1.82, 2.24) is 14.3 Å². The van der Waals surface area contributed by atoms with Gasteiger partial charge in [0.1, 0.15) is 15.8 Å². The fourth-order valence-corrected chi connectivity index (χ4v) is 6.11. The molecule has 1 saturated heterocycles. The number of fused-ring (bicyclic) bond motifs is 1. The summed E-state index contributed by atoms with van der Waals surface area (Å²) in [5.41, 5.74) is 0.841. The number of unbranched alkanes of at least 4 members (excludes halogenated alkanes) is 5. The van der Waals surface area contributed by atoms with Gasteiger partial charge in [0.25, 0.3) is 11.5 Å². The first-order chi connectivity index (χ1) is 17.0. The Bertz CT molecular complexity index is 1150. The average Bonchev–Trinajstić information content (AvgIpc) is 3.12. The SMILES string of the molecule is CCCCCCCCN1C(=O)C(=Cc2c(NC3CCC(C)CC3)nc3ccccn3c2=O)SC1=S. The van der Waals surface area contributed by atoms with Gasteiger partial charge in [-0.05, 0) is 56.2 Å². The highest BCUT2D eigenvalue weighted by Crippen LogP contribution is 2.34. The molecule has 1 aliphatic heterocycles. The Morgan fingerprint density at radius 3 is 2.63 bits per heavy atom. The number of carbonyl (C=O) groups excluding carboxylic acids is 1. The summed E-state index contributed by atoms with van der Waals surface area (Å²) >= 11 is 6.81. The van der Waals surface area contributed by atoms with Crippen LogP contribution in [0.25, 0.3) is 11.7 Å². The van der Waals surface area contributed by atoms with E-state index in [4.69, 9.17) is 17.2 Å². The van der Waals surface area contributed by atoms with Gasteiger partial charge in [0.05, 0.1) is 10.5 Å². The van der Waals surface area contributed by atoms with E-state index < -0.39 is 0 Å². The number of carbonyl (C=O) groups is 1. The van der Waals surface area contributed by atoms with Crippen LogP contribution >= 0.6 is 24.0 Å². The topological polar surface area (TPSA) is 66.7 Å². The minimum absolute atomic E-state index is 0.108. The van der Waals surface area contributed by atoms with Gasteiger partial charge >= 0.3 is 0 Å². The third-order valence-corrected chi connectivity index (χ3v) is 8.39. The van der Waals surface area contributed by atoms with Gasteiger partial charge in [0, 0.05) is 18.8 Å². The number of nitrogens with zero attached hydrogens (tertiary/aromatic N) is 3. The average molecular weight is 513 g/mol. The summed E-state index contributed by atoms with van der Waals surface area (Å²) in [5, 5.41) is 3.54. The van der Waals surface area contributed by atoms with Crippen molar-refractivity contribution >= 4 is 51.7 Å². The monoisotopic (exact) mass is 512 g/mol. The van der Waals surface area contributed by atoms with Crippen LogP contribution in [0.5, 0.6) is 0 Å². The second-order valence-electron chi connectivity index (χ2n) is 9.81. The van der Waals surface area contributed by atoms with Gasteiger partial charge in [0.2, 0.25) is 0 Å². The Kier molecular flexibility index (Phi) is 9.00. The Labute approximate surface area is 217 Å². The number of anilines is 1. The van der Waals surface area contributed by atoms with Crippen molar-refractivity contribution < 1.29 is 4.79 Å². The van der Waals surface area contributed by atoms with E-state index in [1.54, 1.807) is 17.2 Å². The molecule has 1 N–H and O–H groups in total. The fraction of sp³-hybridized carbons (Fsp3) is 0.556. The Morgan fingerprint density at radius 2 is 1.86 bits per heavy atom. The molecule has 0 atom stereocenters. The molecule has 2 aliphatic rings. The zero-order valence-electron chi connectivity index (χ0n) is 20.8. The lowest BCUT2D eigenvalue weighted by Crippen LogP contribution is -2.29. The quantitative estimate of drug-likeness (QED) is 0.231. The van der Waals surface area contributed by atoms with Crippen molar-refractivity contribution in [1.29, 1.82) is 0 Å². The molecule has 0 aromatic carbocycles.